The van der Waals surface area contributed by atoms with E-state index in [9.17, 15) is 14.7 Å². The zero-order valence-electron chi connectivity index (χ0n) is 11.0. The number of carboxylic acids is 1. The van der Waals surface area contributed by atoms with Gasteiger partial charge in [-0.3, -0.25) is 4.79 Å². The van der Waals surface area contributed by atoms with Crippen LogP contribution in [0.3, 0.4) is 0 Å². The smallest absolute Gasteiger partial charge is 0.230 e. The van der Waals surface area contributed by atoms with Crippen molar-refractivity contribution in [3.05, 3.63) is 29.3 Å². The molecular formula is C13H17ClN2O4. The summed E-state index contributed by atoms with van der Waals surface area (Å²) in [5, 5.41) is 24.5. The van der Waals surface area contributed by atoms with Crippen LogP contribution in [0.15, 0.2) is 24.3 Å². The number of anilines is 1. The van der Waals surface area contributed by atoms with Gasteiger partial charge in [0.15, 0.2) is 0 Å². The molecule has 0 heterocycles. The molecule has 1 aromatic rings. The highest BCUT2D eigenvalue weighted by Gasteiger charge is 2.19. The van der Waals surface area contributed by atoms with Crippen molar-refractivity contribution in [2.45, 2.75) is 25.5 Å². The van der Waals surface area contributed by atoms with Crippen LogP contribution in [0.25, 0.3) is 0 Å². The molecule has 1 amide bonds. The van der Waals surface area contributed by atoms with Gasteiger partial charge >= 0.3 is 0 Å². The monoisotopic (exact) mass is 300 g/mol. The molecule has 0 saturated carbocycles. The molecule has 0 aliphatic rings. The second kappa shape index (κ2) is 7.84. The molecule has 0 bridgehead atoms. The van der Waals surface area contributed by atoms with Crippen molar-refractivity contribution in [3.8, 4) is 0 Å². The Morgan fingerprint density at radius 2 is 2.20 bits per heavy atom. The molecule has 0 aliphatic heterocycles. The van der Waals surface area contributed by atoms with E-state index in [1.54, 1.807) is 24.3 Å². The summed E-state index contributed by atoms with van der Waals surface area (Å²) in [4.78, 5) is 22.7. The van der Waals surface area contributed by atoms with Crippen molar-refractivity contribution in [1.82, 2.24) is 0 Å². The van der Waals surface area contributed by atoms with Crippen molar-refractivity contribution in [3.63, 3.8) is 0 Å². The first-order valence-corrected chi connectivity index (χ1v) is 6.54. The van der Waals surface area contributed by atoms with Crippen LogP contribution in [0.4, 0.5) is 5.69 Å². The molecule has 0 unspecified atom stereocenters. The number of aliphatic hydroxyl groups excluding tert-OH is 1. The summed E-state index contributed by atoms with van der Waals surface area (Å²) in [7, 11) is 0. The number of rotatable bonds is 7. The number of aliphatic carboxylic acids is 1. The zero-order chi connectivity index (χ0) is 15.1. The quantitative estimate of drug-likeness (QED) is 0.584. The summed E-state index contributed by atoms with van der Waals surface area (Å²) in [5.74, 6) is -1.80. The highest BCUT2D eigenvalue weighted by atomic mass is 35.5. The summed E-state index contributed by atoms with van der Waals surface area (Å²) >= 11 is 5.78. The van der Waals surface area contributed by atoms with Crippen LogP contribution in [0.5, 0.6) is 0 Å². The van der Waals surface area contributed by atoms with E-state index in [0.29, 0.717) is 10.7 Å². The third-order valence-corrected chi connectivity index (χ3v) is 2.81. The summed E-state index contributed by atoms with van der Waals surface area (Å²) in [5.41, 5.74) is 0.495. The molecule has 0 aliphatic carbocycles. The molecule has 20 heavy (non-hydrogen) atoms. The lowest BCUT2D eigenvalue weighted by atomic mass is 10.2. The summed E-state index contributed by atoms with van der Waals surface area (Å²) < 4.78 is 0. The Kier molecular flexibility index (Phi) is 6.44. The fourth-order valence-electron chi connectivity index (χ4n) is 1.60. The van der Waals surface area contributed by atoms with Gasteiger partial charge in [0, 0.05) is 10.7 Å². The number of quaternary nitrogens is 1. The van der Waals surface area contributed by atoms with Gasteiger partial charge in [0.05, 0.1) is 18.5 Å². The average Bonchev–Trinajstić information content (AvgIpc) is 2.33. The van der Waals surface area contributed by atoms with Gasteiger partial charge < -0.3 is 25.6 Å². The van der Waals surface area contributed by atoms with Gasteiger partial charge in [-0.05, 0) is 25.1 Å². The third-order valence-electron chi connectivity index (χ3n) is 2.58. The number of amides is 1. The van der Waals surface area contributed by atoms with Crippen molar-refractivity contribution in [2.75, 3.05) is 11.9 Å². The Balaban J connectivity index is 2.55. The predicted octanol–water partition coefficient (Wildman–Crippen LogP) is -1.27. The van der Waals surface area contributed by atoms with Crippen LogP contribution in [0.1, 0.15) is 13.3 Å². The lowest BCUT2D eigenvalue weighted by Gasteiger charge is -2.17. The maximum absolute atomic E-state index is 11.8. The van der Waals surface area contributed by atoms with Gasteiger partial charge in [-0.15, -0.1) is 0 Å². The second-order valence-electron chi connectivity index (χ2n) is 4.51. The Morgan fingerprint density at radius 3 is 2.75 bits per heavy atom. The van der Waals surface area contributed by atoms with Gasteiger partial charge in [0.1, 0.15) is 12.6 Å². The molecule has 0 spiro atoms. The minimum Gasteiger partial charge on any atom is -0.544 e. The topological polar surface area (TPSA) is 106 Å². The maximum Gasteiger partial charge on any atom is 0.230 e. The minimum absolute atomic E-state index is 0.184. The predicted molar refractivity (Wildman–Crippen MR) is 72.0 cm³/mol. The van der Waals surface area contributed by atoms with Crippen molar-refractivity contribution < 1.29 is 25.1 Å². The number of benzene rings is 1. The average molecular weight is 301 g/mol. The van der Waals surface area contributed by atoms with Crippen LogP contribution < -0.4 is 15.7 Å². The van der Waals surface area contributed by atoms with E-state index < -0.39 is 24.0 Å². The van der Waals surface area contributed by atoms with Gasteiger partial charge in [0.25, 0.3) is 0 Å². The molecular weight excluding hydrogens is 284 g/mol. The first-order valence-electron chi connectivity index (χ1n) is 6.16. The molecule has 4 N–H and O–H groups in total. The Morgan fingerprint density at radius 1 is 1.50 bits per heavy atom. The fraction of sp³-hybridized carbons (Fsp3) is 0.385. The van der Waals surface area contributed by atoms with Gasteiger partial charge in [-0.2, -0.15) is 0 Å². The lowest BCUT2D eigenvalue weighted by Crippen LogP contribution is -2.94. The molecule has 7 heteroatoms. The highest BCUT2D eigenvalue weighted by molar-refractivity contribution is 6.30. The number of carbonyl (C=O) groups is 2. The number of nitrogens with two attached hydrogens (primary N) is 1. The van der Waals surface area contributed by atoms with E-state index in [1.165, 1.54) is 12.2 Å². The van der Waals surface area contributed by atoms with Gasteiger partial charge in [0.2, 0.25) is 5.91 Å². The maximum atomic E-state index is 11.8. The number of carbonyl (C=O) groups excluding carboxylic acids is 2. The van der Waals surface area contributed by atoms with E-state index in [-0.39, 0.29) is 13.0 Å². The van der Waals surface area contributed by atoms with Gasteiger partial charge in [-0.25, -0.2) is 0 Å². The van der Waals surface area contributed by atoms with E-state index in [2.05, 4.69) is 5.32 Å². The third kappa shape index (κ3) is 6.01. The lowest BCUT2D eigenvalue weighted by molar-refractivity contribution is -0.687. The molecule has 0 radical (unpaired) electrons. The Hall–Kier alpha value is -1.63. The summed E-state index contributed by atoms with van der Waals surface area (Å²) in [6, 6.07) is 5.51. The number of nitrogens with one attached hydrogen (secondary N) is 1. The Bertz CT molecular complexity index is 479. The van der Waals surface area contributed by atoms with Crippen molar-refractivity contribution in [1.29, 1.82) is 0 Å². The normalized spacial score (nSPS) is 13.6. The van der Waals surface area contributed by atoms with Crippen LogP contribution in [0.2, 0.25) is 5.02 Å². The van der Waals surface area contributed by atoms with Gasteiger partial charge in [-0.1, -0.05) is 17.7 Å². The van der Waals surface area contributed by atoms with Crippen LogP contribution in [-0.2, 0) is 9.59 Å². The second-order valence-corrected chi connectivity index (χ2v) is 4.95. The number of hydrogen-bond donors (Lipinski definition) is 3. The number of halogens is 1. The summed E-state index contributed by atoms with van der Waals surface area (Å²) in [6.45, 7) is 1.72. The largest absolute Gasteiger partial charge is 0.544 e. The Labute approximate surface area is 121 Å². The first kappa shape index (κ1) is 16.4. The highest BCUT2D eigenvalue weighted by Crippen LogP contribution is 2.14. The van der Waals surface area contributed by atoms with E-state index in [4.69, 9.17) is 16.7 Å². The van der Waals surface area contributed by atoms with E-state index in [0.717, 1.165) is 0 Å². The van der Waals surface area contributed by atoms with E-state index >= 15 is 0 Å². The van der Waals surface area contributed by atoms with E-state index in [1.807, 2.05) is 0 Å². The van der Waals surface area contributed by atoms with Crippen LogP contribution in [-0.4, -0.2) is 35.7 Å². The van der Waals surface area contributed by atoms with Crippen molar-refractivity contribution >= 4 is 29.2 Å². The molecule has 1 rings (SSSR count). The zero-order valence-corrected chi connectivity index (χ0v) is 11.8. The molecule has 2 atom stereocenters. The molecule has 0 fully saturated rings. The fourth-order valence-corrected chi connectivity index (χ4v) is 1.79. The van der Waals surface area contributed by atoms with Crippen LogP contribution in [0, 0.1) is 0 Å². The molecule has 1 aromatic carbocycles. The minimum atomic E-state index is -1.34. The molecule has 110 valence electrons. The molecule has 0 saturated heterocycles. The van der Waals surface area contributed by atoms with Crippen LogP contribution >= 0.6 is 11.6 Å². The molecule has 0 aromatic heterocycles. The van der Waals surface area contributed by atoms with Crippen molar-refractivity contribution in [2.24, 2.45) is 0 Å². The molecule has 6 nitrogen and oxygen atoms in total. The number of aliphatic hydroxyl groups is 1. The first-order chi connectivity index (χ1) is 9.38. The number of hydrogen-bond acceptors (Lipinski definition) is 4. The summed E-state index contributed by atoms with van der Waals surface area (Å²) in [6.07, 6.45) is -0.908. The number of carboxylic acid groups (broad SMARTS) is 1. The standard InChI is InChI=1S/C13H17ClN2O4/c1-8(17)7-15-11(13(19)20)6-12(18)16-10-4-2-3-9(14)5-10/h2-5,8,11,15,17H,6-7H2,1H3,(H,16,18)(H,19,20)/t8-,11+/m1/s1. The SMILES string of the molecule is C[C@@H](O)C[NH2+][C@@H](CC(=O)Nc1cccc(Cl)c1)C(=O)[O-].